The Labute approximate surface area is 372 Å². The Morgan fingerprint density at radius 1 is 0.810 bits per heavy atom. The van der Waals surface area contributed by atoms with Gasteiger partial charge in [-0.15, -0.1) is 0 Å². The molecule has 0 saturated carbocycles. The minimum atomic E-state index is -0.477. The van der Waals surface area contributed by atoms with Crippen molar-refractivity contribution in [2.45, 2.75) is 43.8 Å². The number of pyridine rings is 1. The van der Waals surface area contributed by atoms with Crippen LogP contribution < -0.4 is 15.8 Å². The van der Waals surface area contributed by atoms with Crippen molar-refractivity contribution in [3.8, 4) is 17.0 Å². The van der Waals surface area contributed by atoms with Crippen LogP contribution in [-0.2, 0) is 42.7 Å². The zero-order chi connectivity index (χ0) is 44.2. The topological polar surface area (TPSA) is 184 Å². The second kappa shape index (κ2) is 25.7. The van der Waals surface area contributed by atoms with Gasteiger partial charge >= 0.3 is 5.97 Å². The molecule has 0 radical (unpaired) electrons. The molecule has 0 aliphatic carbocycles. The van der Waals surface area contributed by atoms with Crippen LogP contribution in [0.1, 0.15) is 31.2 Å². The summed E-state index contributed by atoms with van der Waals surface area (Å²) < 4.78 is 64.6. The lowest BCUT2D eigenvalue weighted by Crippen LogP contribution is -2.49. The van der Waals surface area contributed by atoms with Gasteiger partial charge in [0, 0.05) is 60.9 Å². The summed E-state index contributed by atoms with van der Waals surface area (Å²) in [5.74, 6) is -0.110. The van der Waals surface area contributed by atoms with Crippen LogP contribution in [0.15, 0.2) is 60.0 Å². The summed E-state index contributed by atoms with van der Waals surface area (Å²) in [5, 5.41) is 8.72. The molecule has 344 valence electrons. The van der Waals surface area contributed by atoms with Crippen LogP contribution in [0, 0.1) is 5.82 Å². The van der Waals surface area contributed by atoms with Gasteiger partial charge in [-0.1, -0.05) is 11.6 Å². The Kier molecular flexibility index (Phi) is 19.6. The molecule has 17 nitrogen and oxygen atoms in total. The molecule has 5 heterocycles. The van der Waals surface area contributed by atoms with Crippen molar-refractivity contribution in [2.24, 2.45) is 10.7 Å². The number of carbonyl (C=O) groups is 1. The van der Waals surface area contributed by atoms with Crippen LogP contribution >= 0.6 is 11.6 Å². The van der Waals surface area contributed by atoms with E-state index in [2.05, 4.69) is 25.3 Å². The number of nitrogens with one attached hydrogen (secondary N) is 1. The van der Waals surface area contributed by atoms with E-state index >= 15 is 0 Å². The first-order valence-corrected chi connectivity index (χ1v) is 21.7. The molecular formula is C44H59ClFN7O10. The Morgan fingerprint density at radius 2 is 1.41 bits per heavy atom. The van der Waals surface area contributed by atoms with E-state index in [4.69, 9.17) is 60.0 Å². The van der Waals surface area contributed by atoms with E-state index in [0.29, 0.717) is 104 Å². The van der Waals surface area contributed by atoms with Gasteiger partial charge in [-0.3, -0.25) is 9.69 Å². The minimum Gasteiger partial charge on any atom is -0.475 e. The van der Waals surface area contributed by atoms with Crippen LogP contribution in [0.3, 0.4) is 0 Å². The summed E-state index contributed by atoms with van der Waals surface area (Å²) in [6.07, 6.45) is 8.97. The van der Waals surface area contributed by atoms with Gasteiger partial charge in [0.2, 0.25) is 5.88 Å². The van der Waals surface area contributed by atoms with Crippen molar-refractivity contribution in [3.05, 3.63) is 71.4 Å². The number of piperidine rings is 1. The van der Waals surface area contributed by atoms with E-state index in [0.717, 1.165) is 48.0 Å². The quantitative estimate of drug-likeness (QED) is 0.0324. The third-order valence-electron chi connectivity index (χ3n) is 10.7. The molecule has 3 N–H and O–H groups in total. The number of benzene rings is 1. The van der Waals surface area contributed by atoms with Gasteiger partial charge in [-0.25, -0.2) is 18.9 Å². The van der Waals surface area contributed by atoms with Crippen molar-refractivity contribution in [2.75, 3.05) is 119 Å². The molecule has 0 unspecified atom stereocenters. The highest BCUT2D eigenvalue weighted by Crippen LogP contribution is 2.38. The Bertz CT molecular complexity index is 2030. The molecule has 2 aliphatic heterocycles. The fourth-order valence-corrected chi connectivity index (χ4v) is 7.74. The molecule has 0 amide bonds. The molecule has 2 bridgehead atoms. The number of halogens is 2. The van der Waals surface area contributed by atoms with Gasteiger partial charge in [-0.05, 0) is 49.9 Å². The Balaban J connectivity index is 0.951. The van der Waals surface area contributed by atoms with Crippen LogP contribution in [0.2, 0.25) is 5.02 Å². The molecule has 2 aliphatic rings. The molecule has 2 fully saturated rings. The van der Waals surface area contributed by atoms with E-state index in [1.807, 2.05) is 24.4 Å². The number of rotatable bonds is 29. The zero-order valence-electron chi connectivity index (χ0n) is 36.0. The number of carbonyl (C=O) groups excluding carboxylic acids is 1. The Morgan fingerprint density at radius 3 is 1.98 bits per heavy atom. The van der Waals surface area contributed by atoms with E-state index in [9.17, 15) is 9.18 Å². The van der Waals surface area contributed by atoms with E-state index in [1.54, 1.807) is 24.0 Å². The smallest absolute Gasteiger partial charge is 0.319 e. The van der Waals surface area contributed by atoms with Gasteiger partial charge < -0.3 is 53.7 Å². The van der Waals surface area contributed by atoms with Gasteiger partial charge in [0.25, 0.3) is 0 Å². The number of esters is 1. The number of hydrogen-bond donors (Lipinski definition) is 2. The fourth-order valence-electron chi connectivity index (χ4n) is 7.58. The zero-order valence-corrected chi connectivity index (χ0v) is 36.8. The van der Waals surface area contributed by atoms with E-state index < -0.39 is 5.82 Å². The highest BCUT2D eigenvalue weighted by Gasteiger charge is 2.42. The maximum atomic E-state index is 14.2. The molecule has 3 atom stereocenters. The maximum absolute atomic E-state index is 14.2. The van der Waals surface area contributed by atoms with Gasteiger partial charge in [0.05, 0.1) is 133 Å². The third-order valence-corrected chi connectivity index (χ3v) is 11.0. The van der Waals surface area contributed by atoms with E-state index in [1.165, 1.54) is 25.3 Å². The normalized spacial score (nSPS) is 17.7. The van der Waals surface area contributed by atoms with Gasteiger partial charge in [0.15, 0.2) is 0 Å². The first kappa shape index (κ1) is 48.0. The first-order valence-electron chi connectivity index (χ1n) is 21.3. The maximum Gasteiger partial charge on any atom is 0.319 e. The molecular weight excluding hydrogens is 841 g/mol. The first-order chi connectivity index (χ1) is 30.8. The van der Waals surface area contributed by atoms with Crippen molar-refractivity contribution < 1.29 is 51.8 Å². The number of nitrogens with zero attached hydrogens (tertiary/aromatic N) is 5. The van der Waals surface area contributed by atoms with Gasteiger partial charge in [-0.2, -0.15) is 5.10 Å². The minimum absolute atomic E-state index is 0.0799. The Hall–Kier alpha value is -4.50. The average molecular weight is 900 g/mol. The lowest BCUT2D eigenvalue weighted by molar-refractivity contribution is -0.143. The predicted molar refractivity (Wildman–Crippen MR) is 235 cm³/mol. The number of ether oxygens (including phenoxy) is 9. The van der Waals surface area contributed by atoms with Crippen LogP contribution in [0.25, 0.3) is 16.6 Å². The van der Waals surface area contributed by atoms with Crippen LogP contribution in [0.5, 0.6) is 5.88 Å². The van der Waals surface area contributed by atoms with Gasteiger partial charge in [0.1, 0.15) is 18.3 Å². The van der Waals surface area contributed by atoms with Crippen LogP contribution in [-0.4, -0.2) is 163 Å². The van der Waals surface area contributed by atoms with Crippen molar-refractivity contribution >= 4 is 40.3 Å². The molecule has 1 aromatic carbocycles. The fraction of sp³-hybridized carbons (Fsp3) is 0.545. The largest absolute Gasteiger partial charge is 0.475 e. The molecule has 2 saturated heterocycles. The standard InChI is InChI=1S/C44H59ClFN7O10/c1-55-9-10-57-11-12-58-13-14-59-15-16-60-17-18-61-19-20-62-21-22-63-41-8-3-31(27-48-41)32-23-40-43(50-34-25-35-5-6-36(26-34)52(35)30-42(54)56-2)37(28-49-53(40)29-32)44(47)51-39-24-33(46)4-7-38(39)45/h3-4,7-8,23-24,27-29,34-36,50H,5-6,9-22,25-26,30H2,1-2H3,(H2,47,51)/t34-,35-,36+. The summed E-state index contributed by atoms with van der Waals surface area (Å²) in [5.41, 5.74) is 10.6. The number of methoxy groups -OCH3 is 2. The van der Waals surface area contributed by atoms with E-state index in [-0.39, 0.29) is 47.2 Å². The van der Waals surface area contributed by atoms with Crippen molar-refractivity contribution in [1.82, 2.24) is 19.5 Å². The number of fused-ring (bicyclic) bond motifs is 3. The number of anilines is 1. The number of amidine groups is 1. The van der Waals surface area contributed by atoms with Crippen LogP contribution in [0.4, 0.5) is 15.8 Å². The number of aromatic nitrogens is 3. The van der Waals surface area contributed by atoms with Crippen molar-refractivity contribution in [1.29, 1.82) is 0 Å². The lowest BCUT2D eigenvalue weighted by Gasteiger charge is -2.39. The molecule has 0 spiro atoms. The average Bonchev–Trinajstić information content (AvgIpc) is 3.82. The summed E-state index contributed by atoms with van der Waals surface area (Å²) in [6, 6.07) is 10.3. The molecule has 6 rings (SSSR count). The second-order valence-electron chi connectivity index (χ2n) is 14.9. The molecule has 3 aromatic heterocycles. The van der Waals surface area contributed by atoms with Crippen molar-refractivity contribution in [3.63, 3.8) is 0 Å². The summed E-state index contributed by atoms with van der Waals surface area (Å²) >= 11 is 6.36. The monoisotopic (exact) mass is 899 g/mol. The molecule has 4 aromatic rings. The highest BCUT2D eigenvalue weighted by molar-refractivity contribution is 6.33. The number of hydrogen-bond acceptors (Lipinski definition) is 15. The third kappa shape index (κ3) is 14.8. The molecule has 63 heavy (non-hydrogen) atoms. The lowest BCUT2D eigenvalue weighted by atomic mass is 9.96. The number of aliphatic imine (C=N–C) groups is 1. The SMILES string of the molecule is COCCOCCOCCOCCOCCOCCOCCOc1ccc(-c2cc3c(N[C@@H]4C[C@H]5CC[C@@H](C4)N5CC(=O)OC)c(/C(N)=N/c4cc(F)ccc4Cl)cnn3c2)cn1. The molecule has 19 heteroatoms. The summed E-state index contributed by atoms with van der Waals surface area (Å²) in [4.78, 5) is 23.5. The summed E-state index contributed by atoms with van der Waals surface area (Å²) in [6.45, 7) is 6.97. The number of nitrogens with two attached hydrogens (primary N) is 1. The predicted octanol–water partition coefficient (Wildman–Crippen LogP) is 4.93. The second-order valence-corrected chi connectivity index (χ2v) is 15.3. The summed E-state index contributed by atoms with van der Waals surface area (Å²) in [7, 11) is 3.06. The highest BCUT2D eigenvalue weighted by atomic mass is 35.5.